The first-order valence-corrected chi connectivity index (χ1v) is 14.6. The van der Waals surface area contributed by atoms with Crippen molar-refractivity contribution in [3.8, 4) is 0 Å². The Morgan fingerprint density at radius 3 is 2.27 bits per heavy atom. The molecule has 0 aromatic heterocycles. The Morgan fingerprint density at radius 2 is 1.61 bits per heavy atom. The second-order valence-corrected chi connectivity index (χ2v) is 12.4. The first kappa shape index (κ1) is 31.1. The molecule has 0 aliphatic carbocycles. The van der Waals surface area contributed by atoms with E-state index in [9.17, 15) is 28.3 Å². The summed E-state index contributed by atoms with van der Waals surface area (Å²) in [6.45, 7) is 5.25. The SMILES string of the molecule is CC(C)(C)OC(=O)N1Cc2ccccc2CC1[C@@H](O)[C@H](Cc1cc(F)cc(F)c1)C(=O)N1C(=O)OC[C@@H]1Cc1ccccc1. The molecule has 0 saturated carbocycles. The Hall–Kier alpha value is -4.31. The van der Waals surface area contributed by atoms with Crippen LogP contribution in [0.4, 0.5) is 18.4 Å². The largest absolute Gasteiger partial charge is 0.447 e. The number of nitrogens with zero attached hydrogens (tertiary/aromatic N) is 2. The smallest absolute Gasteiger partial charge is 0.416 e. The molecule has 1 fully saturated rings. The van der Waals surface area contributed by atoms with Crippen LogP contribution in [0.5, 0.6) is 0 Å². The first-order valence-electron chi connectivity index (χ1n) is 14.6. The summed E-state index contributed by atoms with van der Waals surface area (Å²) in [4.78, 5) is 43.1. The molecule has 2 aliphatic heterocycles. The lowest BCUT2D eigenvalue weighted by Gasteiger charge is -2.42. The van der Waals surface area contributed by atoms with Crippen molar-refractivity contribution >= 4 is 18.1 Å². The number of aliphatic hydroxyl groups excluding tert-OH is 1. The summed E-state index contributed by atoms with van der Waals surface area (Å²) in [5.41, 5.74) is 1.90. The number of carbonyl (C=O) groups excluding carboxylic acids is 3. The van der Waals surface area contributed by atoms with Crippen molar-refractivity contribution in [2.75, 3.05) is 6.61 Å². The van der Waals surface area contributed by atoms with Gasteiger partial charge in [-0.05, 0) is 74.4 Å². The number of rotatable bonds is 7. The van der Waals surface area contributed by atoms with Crippen molar-refractivity contribution in [3.05, 3.63) is 107 Å². The number of aliphatic hydroxyl groups is 1. The lowest BCUT2D eigenvalue weighted by atomic mass is 9.82. The summed E-state index contributed by atoms with van der Waals surface area (Å²) < 4.78 is 39.5. The molecule has 0 bridgehead atoms. The summed E-state index contributed by atoms with van der Waals surface area (Å²) >= 11 is 0. The zero-order valence-electron chi connectivity index (χ0n) is 24.9. The minimum absolute atomic E-state index is 0.0439. The molecule has 8 nitrogen and oxygen atoms in total. The van der Waals surface area contributed by atoms with Gasteiger partial charge in [0, 0.05) is 12.6 Å². The van der Waals surface area contributed by atoms with E-state index in [0.717, 1.165) is 33.7 Å². The molecule has 3 aromatic carbocycles. The van der Waals surface area contributed by atoms with E-state index in [4.69, 9.17) is 9.47 Å². The van der Waals surface area contributed by atoms with Gasteiger partial charge >= 0.3 is 12.2 Å². The number of fused-ring (bicyclic) bond motifs is 1. The fraction of sp³-hybridized carbons (Fsp3) is 0.382. The van der Waals surface area contributed by atoms with E-state index in [1.807, 2.05) is 54.6 Å². The third kappa shape index (κ3) is 7.07. The fourth-order valence-corrected chi connectivity index (χ4v) is 5.92. The normalized spacial score (nSPS) is 19.6. The van der Waals surface area contributed by atoms with Crippen molar-refractivity contribution < 1.29 is 37.7 Å². The first-order chi connectivity index (χ1) is 20.9. The zero-order chi connectivity index (χ0) is 31.6. The molecule has 3 aromatic rings. The highest BCUT2D eigenvalue weighted by atomic mass is 19.1. The molecule has 2 heterocycles. The second kappa shape index (κ2) is 12.7. The van der Waals surface area contributed by atoms with Gasteiger partial charge in [0.2, 0.25) is 5.91 Å². The molecule has 1 N–H and O–H groups in total. The number of hydrogen-bond donors (Lipinski definition) is 1. The number of cyclic esters (lactones) is 1. The van der Waals surface area contributed by atoms with Crippen LogP contribution in [-0.2, 0) is 40.1 Å². The van der Waals surface area contributed by atoms with Gasteiger partial charge in [0.15, 0.2) is 0 Å². The highest BCUT2D eigenvalue weighted by molar-refractivity contribution is 5.95. The van der Waals surface area contributed by atoms with Crippen LogP contribution in [0.2, 0.25) is 0 Å². The van der Waals surface area contributed by atoms with E-state index < -0.39 is 59.4 Å². The average molecular weight is 607 g/mol. The van der Waals surface area contributed by atoms with Gasteiger partial charge in [0.25, 0.3) is 0 Å². The van der Waals surface area contributed by atoms with E-state index >= 15 is 0 Å². The van der Waals surface area contributed by atoms with Gasteiger partial charge in [-0.1, -0.05) is 54.6 Å². The van der Waals surface area contributed by atoms with Gasteiger partial charge < -0.3 is 14.6 Å². The highest BCUT2D eigenvalue weighted by Crippen LogP contribution is 2.32. The third-order valence-corrected chi connectivity index (χ3v) is 7.93. The fourth-order valence-electron chi connectivity index (χ4n) is 5.92. The van der Waals surface area contributed by atoms with Gasteiger partial charge in [-0.3, -0.25) is 9.69 Å². The third-order valence-electron chi connectivity index (χ3n) is 7.93. The minimum Gasteiger partial charge on any atom is -0.447 e. The Kier molecular flexibility index (Phi) is 9.01. The highest BCUT2D eigenvalue weighted by Gasteiger charge is 2.47. The van der Waals surface area contributed by atoms with Gasteiger partial charge in [0.1, 0.15) is 23.8 Å². The molecule has 232 valence electrons. The lowest BCUT2D eigenvalue weighted by Crippen LogP contribution is -2.57. The number of halogens is 2. The second-order valence-electron chi connectivity index (χ2n) is 12.4. The molecular weight excluding hydrogens is 570 g/mol. The number of amides is 3. The molecule has 5 rings (SSSR count). The van der Waals surface area contributed by atoms with Gasteiger partial charge in [-0.2, -0.15) is 0 Å². The number of imide groups is 1. The Morgan fingerprint density at radius 1 is 0.977 bits per heavy atom. The van der Waals surface area contributed by atoms with Crippen LogP contribution in [0.1, 0.15) is 43.0 Å². The van der Waals surface area contributed by atoms with Crippen LogP contribution < -0.4 is 0 Å². The summed E-state index contributed by atoms with van der Waals surface area (Å²) in [6.07, 6.45) is -2.87. The molecule has 44 heavy (non-hydrogen) atoms. The summed E-state index contributed by atoms with van der Waals surface area (Å²) in [5, 5.41) is 12.0. The van der Waals surface area contributed by atoms with Gasteiger partial charge in [-0.15, -0.1) is 0 Å². The van der Waals surface area contributed by atoms with Crippen LogP contribution in [0.25, 0.3) is 0 Å². The Bertz CT molecular complexity index is 1510. The van der Waals surface area contributed by atoms with E-state index in [0.29, 0.717) is 12.5 Å². The summed E-state index contributed by atoms with van der Waals surface area (Å²) in [7, 11) is 0. The van der Waals surface area contributed by atoms with Crippen LogP contribution in [-0.4, -0.2) is 63.4 Å². The van der Waals surface area contributed by atoms with E-state index in [1.54, 1.807) is 20.8 Å². The van der Waals surface area contributed by atoms with Crippen molar-refractivity contribution in [2.24, 2.45) is 5.92 Å². The maximum atomic E-state index is 14.3. The monoisotopic (exact) mass is 606 g/mol. The maximum Gasteiger partial charge on any atom is 0.416 e. The predicted molar refractivity (Wildman–Crippen MR) is 157 cm³/mol. The lowest BCUT2D eigenvalue weighted by molar-refractivity contribution is -0.139. The van der Waals surface area contributed by atoms with Crippen LogP contribution in [0, 0.1) is 17.6 Å². The number of carbonyl (C=O) groups is 3. The predicted octanol–water partition coefficient (Wildman–Crippen LogP) is 5.44. The van der Waals surface area contributed by atoms with E-state index in [1.165, 1.54) is 4.90 Å². The van der Waals surface area contributed by atoms with Crippen LogP contribution >= 0.6 is 0 Å². The van der Waals surface area contributed by atoms with Crippen LogP contribution in [0.15, 0.2) is 72.8 Å². The molecule has 10 heteroatoms. The molecule has 0 spiro atoms. The quantitative estimate of drug-likeness (QED) is 0.385. The van der Waals surface area contributed by atoms with Crippen molar-refractivity contribution in [3.63, 3.8) is 0 Å². The van der Waals surface area contributed by atoms with E-state index in [2.05, 4.69) is 0 Å². The molecule has 1 saturated heterocycles. The van der Waals surface area contributed by atoms with Crippen LogP contribution in [0.3, 0.4) is 0 Å². The van der Waals surface area contributed by atoms with Crippen molar-refractivity contribution in [2.45, 2.75) is 70.4 Å². The van der Waals surface area contributed by atoms with E-state index in [-0.39, 0.29) is 31.6 Å². The topological polar surface area (TPSA) is 96.4 Å². The van der Waals surface area contributed by atoms with Crippen molar-refractivity contribution in [1.29, 1.82) is 0 Å². The molecular formula is C34H36F2N2O6. The zero-order valence-corrected chi connectivity index (χ0v) is 24.9. The standard InChI is InChI=1S/C34H36F2N2O6/c1-34(2,3)44-32(41)37-19-24-12-8-7-11-23(24)17-29(37)30(39)28(16-22-13-25(35)18-26(36)14-22)31(40)38-27(20-43-33(38)42)15-21-9-5-4-6-10-21/h4-14,18,27-30,39H,15-17,19-20H2,1-3H3/t27-,28-,29?,30-/m0/s1. The average Bonchev–Trinajstić information content (AvgIpc) is 3.33. The summed E-state index contributed by atoms with van der Waals surface area (Å²) in [5.74, 6) is -3.80. The molecule has 2 aliphatic rings. The number of ether oxygens (including phenoxy) is 2. The van der Waals surface area contributed by atoms with Gasteiger partial charge in [0.05, 0.1) is 24.1 Å². The van der Waals surface area contributed by atoms with Crippen molar-refractivity contribution in [1.82, 2.24) is 9.80 Å². The molecule has 4 atom stereocenters. The number of hydrogen-bond acceptors (Lipinski definition) is 6. The molecule has 1 unspecified atom stereocenters. The maximum absolute atomic E-state index is 14.3. The van der Waals surface area contributed by atoms with Gasteiger partial charge in [-0.25, -0.2) is 23.3 Å². The Labute approximate surface area is 255 Å². The molecule has 3 amide bonds. The minimum atomic E-state index is -1.54. The summed E-state index contributed by atoms with van der Waals surface area (Å²) in [6, 6.07) is 18.0. The number of benzene rings is 3. The Balaban J connectivity index is 1.52. The molecule has 0 radical (unpaired) electrons.